The molecule has 0 saturated carbocycles. The van der Waals surface area contributed by atoms with Crippen LogP contribution in [0.4, 0.5) is 0 Å². The van der Waals surface area contributed by atoms with E-state index in [1.165, 1.54) is 7.11 Å². The molecule has 4 nitrogen and oxygen atoms in total. The Hall–Kier alpha value is -0.870. The average Bonchev–Trinajstić information content (AvgIpc) is 2.20. The molecule has 4 heteroatoms. The van der Waals surface area contributed by atoms with Crippen molar-refractivity contribution in [3.8, 4) is 0 Å². The van der Waals surface area contributed by atoms with E-state index in [0.29, 0.717) is 12.0 Å². The quantitative estimate of drug-likeness (QED) is 0.657. The second-order valence-electron chi connectivity index (χ2n) is 3.64. The highest BCUT2D eigenvalue weighted by Gasteiger charge is 2.30. The smallest absolute Gasteiger partial charge is 0.333 e. The van der Waals surface area contributed by atoms with Crippen molar-refractivity contribution in [2.24, 2.45) is 11.7 Å². The van der Waals surface area contributed by atoms with E-state index in [0.717, 1.165) is 0 Å². The summed E-state index contributed by atoms with van der Waals surface area (Å²) in [5.41, 5.74) is 6.58. The van der Waals surface area contributed by atoms with E-state index in [4.69, 9.17) is 10.5 Å². The van der Waals surface area contributed by atoms with Crippen LogP contribution in [-0.4, -0.2) is 32.3 Å². The van der Waals surface area contributed by atoms with Gasteiger partial charge in [0.1, 0.15) is 0 Å². The SMILES string of the molecule is COC(=O)C1=CC(OC)C(N)[C@@H](C)C1. The van der Waals surface area contributed by atoms with Gasteiger partial charge in [-0.1, -0.05) is 6.92 Å². The van der Waals surface area contributed by atoms with Crippen LogP contribution in [0.1, 0.15) is 13.3 Å². The molecule has 0 heterocycles. The predicted octanol–water partition coefficient (Wildman–Crippen LogP) is 0.468. The van der Waals surface area contributed by atoms with E-state index in [1.54, 1.807) is 13.2 Å². The van der Waals surface area contributed by atoms with Gasteiger partial charge in [-0.15, -0.1) is 0 Å². The molecule has 2 unspecified atom stereocenters. The van der Waals surface area contributed by atoms with Crippen molar-refractivity contribution in [2.75, 3.05) is 14.2 Å². The Bertz CT molecular complexity index is 250. The molecule has 1 rings (SSSR count). The van der Waals surface area contributed by atoms with Gasteiger partial charge in [0.25, 0.3) is 0 Å². The lowest BCUT2D eigenvalue weighted by atomic mass is 9.84. The molecule has 3 atom stereocenters. The number of esters is 1. The second-order valence-corrected chi connectivity index (χ2v) is 3.64. The molecule has 0 amide bonds. The summed E-state index contributed by atoms with van der Waals surface area (Å²) in [4.78, 5) is 11.3. The molecule has 0 radical (unpaired) electrons. The first-order valence-electron chi connectivity index (χ1n) is 4.67. The molecule has 1 aliphatic rings. The van der Waals surface area contributed by atoms with E-state index in [2.05, 4.69) is 4.74 Å². The molecule has 0 saturated heterocycles. The molecule has 0 fully saturated rings. The predicted molar refractivity (Wildman–Crippen MR) is 52.7 cm³/mol. The normalized spacial score (nSPS) is 32.3. The van der Waals surface area contributed by atoms with Crippen molar-refractivity contribution in [3.05, 3.63) is 11.6 Å². The summed E-state index contributed by atoms with van der Waals surface area (Å²) >= 11 is 0. The number of carbonyl (C=O) groups excluding carboxylic acids is 1. The zero-order chi connectivity index (χ0) is 10.7. The van der Waals surface area contributed by atoms with Gasteiger partial charge in [0.05, 0.1) is 13.2 Å². The van der Waals surface area contributed by atoms with Gasteiger partial charge in [-0.2, -0.15) is 0 Å². The van der Waals surface area contributed by atoms with Gasteiger partial charge in [-0.25, -0.2) is 4.79 Å². The van der Waals surface area contributed by atoms with Crippen LogP contribution in [0.15, 0.2) is 11.6 Å². The molecular weight excluding hydrogens is 182 g/mol. The van der Waals surface area contributed by atoms with Crippen LogP contribution in [0, 0.1) is 5.92 Å². The molecule has 0 spiro atoms. The number of nitrogens with two attached hydrogens (primary N) is 1. The van der Waals surface area contributed by atoms with Crippen molar-refractivity contribution in [2.45, 2.75) is 25.5 Å². The fourth-order valence-corrected chi connectivity index (χ4v) is 1.69. The van der Waals surface area contributed by atoms with Gasteiger partial charge < -0.3 is 15.2 Å². The topological polar surface area (TPSA) is 61.5 Å². The molecule has 80 valence electrons. The third-order valence-corrected chi connectivity index (χ3v) is 2.66. The van der Waals surface area contributed by atoms with Gasteiger partial charge in [0.2, 0.25) is 0 Å². The van der Waals surface area contributed by atoms with Crippen molar-refractivity contribution in [1.82, 2.24) is 0 Å². The Morgan fingerprint density at radius 3 is 2.71 bits per heavy atom. The maximum absolute atomic E-state index is 11.3. The van der Waals surface area contributed by atoms with Gasteiger partial charge in [-0.05, 0) is 18.4 Å². The van der Waals surface area contributed by atoms with Crippen molar-refractivity contribution in [3.63, 3.8) is 0 Å². The van der Waals surface area contributed by atoms with Gasteiger partial charge in [0, 0.05) is 18.7 Å². The molecule has 14 heavy (non-hydrogen) atoms. The zero-order valence-electron chi connectivity index (χ0n) is 8.82. The van der Waals surface area contributed by atoms with Crippen LogP contribution in [0.2, 0.25) is 0 Å². The molecule has 0 bridgehead atoms. The van der Waals surface area contributed by atoms with Crippen LogP contribution in [0.25, 0.3) is 0 Å². The standard InChI is InChI=1S/C10H17NO3/c1-6-4-7(10(12)14-3)5-8(13-2)9(6)11/h5-6,8-9H,4,11H2,1-3H3/t6-,8?,9?/m0/s1. The zero-order valence-corrected chi connectivity index (χ0v) is 8.82. The minimum atomic E-state index is -0.286. The largest absolute Gasteiger partial charge is 0.466 e. The summed E-state index contributed by atoms with van der Waals surface area (Å²) in [5.74, 6) is -0.0511. The van der Waals surface area contributed by atoms with Crippen molar-refractivity contribution in [1.29, 1.82) is 0 Å². The minimum Gasteiger partial charge on any atom is -0.466 e. The lowest BCUT2D eigenvalue weighted by Crippen LogP contribution is -2.43. The van der Waals surface area contributed by atoms with Crippen LogP contribution >= 0.6 is 0 Å². The van der Waals surface area contributed by atoms with E-state index < -0.39 is 0 Å². The molecule has 0 aromatic rings. The van der Waals surface area contributed by atoms with Crippen molar-refractivity contribution < 1.29 is 14.3 Å². The van der Waals surface area contributed by atoms with Gasteiger partial charge in [-0.3, -0.25) is 0 Å². The maximum Gasteiger partial charge on any atom is 0.333 e. The Morgan fingerprint density at radius 2 is 2.21 bits per heavy atom. The summed E-state index contributed by atoms with van der Waals surface area (Å²) in [6, 6.07) is -0.0478. The summed E-state index contributed by atoms with van der Waals surface area (Å²) in [6.45, 7) is 2.01. The number of hydrogen-bond donors (Lipinski definition) is 1. The van der Waals surface area contributed by atoms with Gasteiger partial charge >= 0.3 is 5.97 Å². The molecule has 0 aromatic heterocycles. The number of hydrogen-bond acceptors (Lipinski definition) is 4. The Balaban J connectivity index is 2.83. The molecule has 0 aromatic carbocycles. The van der Waals surface area contributed by atoms with Crippen molar-refractivity contribution >= 4 is 5.97 Å². The summed E-state index contributed by atoms with van der Waals surface area (Å²) in [7, 11) is 2.97. The Morgan fingerprint density at radius 1 is 1.57 bits per heavy atom. The fourth-order valence-electron chi connectivity index (χ4n) is 1.69. The minimum absolute atomic E-state index is 0.0478. The average molecular weight is 199 g/mol. The highest BCUT2D eigenvalue weighted by atomic mass is 16.5. The molecule has 2 N–H and O–H groups in total. The van der Waals surface area contributed by atoms with Crippen LogP contribution in [-0.2, 0) is 14.3 Å². The molecular formula is C10H17NO3. The lowest BCUT2D eigenvalue weighted by Gasteiger charge is -2.30. The highest BCUT2D eigenvalue weighted by Crippen LogP contribution is 2.25. The summed E-state index contributed by atoms with van der Waals surface area (Å²) in [6.07, 6.45) is 2.23. The Kier molecular flexibility index (Phi) is 3.66. The first-order valence-corrected chi connectivity index (χ1v) is 4.67. The van der Waals surface area contributed by atoms with Crippen LogP contribution in [0.3, 0.4) is 0 Å². The fraction of sp³-hybridized carbons (Fsp3) is 0.700. The van der Waals surface area contributed by atoms with E-state index in [1.807, 2.05) is 6.92 Å². The number of rotatable bonds is 2. The van der Waals surface area contributed by atoms with Crippen LogP contribution in [0.5, 0.6) is 0 Å². The van der Waals surface area contributed by atoms with E-state index in [-0.39, 0.29) is 24.0 Å². The van der Waals surface area contributed by atoms with E-state index >= 15 is 0 Å². The Labute approximate surface area is 84.1 Å². The summed E-state index contributed by atoms with van der Waals surface area (Å²) in [5, 5.41) is 0. The monoisotopic (exact) mass is 199 g/mol. The first kappa shape index (κ1) is 11.2. The first-order chi connectivity index (χ1) is 6.60. The number of methoxy groups -OCH3 is 2. The van der Waals surface area contributed by atoms with Gasteiger partial charge in [0.15, 0.2) is 0 Å². The highest BCUT2D eigenvalue weighted by molar-refractivity contribution is 5.88. The number of carbonyl (C=O) groups is 1. The third-order valence-electron chi connectivity index (χ3n) is 2.66. The van der Waals surface area contributed by atoms with E-state index in [9.17, 15) is 4.79 Å². The number of ether oxygens (including phenoxy) is 2. The molecule has 1 aliphatic carbocycles. The lowest BCUT2D eigenvalue weighted by molar-refractivity contribution is -0.136. The third kappa shape index (κ3) is 2.13. The molecule has 0 aliphatic heterocycles. The maximum atomic E-state index is 11.3. The van der Waals surface area contributed by atoms with Crippen LogP contribution < -0.4 is 5.73 Å². The second kappa shape index (κ2) is 4.57. The summed E-state index contributed by atoms with van der Waals surface area (Å²) < 4.78 is 9.85.